The van der Waals surface area contributed by atoms with Gasteiger partial charge in [-0.1, -0.05) is 12.1 Å². The molecule has 2 amide bonds. The first-order valence-corrected chi connectivity index (χ1v) is 9.97. The molecule has 150 valence electrons. The van der Waals surface area contributed by atoms with Gasteiger partial charge in [0.1, 0.15) is 11.4 Å². The number of benzene rings is 1. The highest BCUT2D eigenvalue weighted by Crippen LogP contribution is 2.33. The lowest BCUT2D eigenvalue weighted by Gasteiger charge is -2.30. The second-order valence-corrected chi connectivity index (χ2v) is 7.14. The van der Waals surface area contributed by atoms with Crippen molar-refractivity contribution in [3.05, 3.63) is 35.5 Å². The van der Waals surface area contributed by atoms with Crippen molar-refractivity contribution in [2.75, 3.05) is 46.1 Å². The molecule has 2 saturated heterocycles. The fourth-order valence-electron chi connectivity index (χ4n) is 3.95. The van der Waals surface area contributed by atoms with Crippen LogP contribution >= 0.6 is 0 Å². The van der Waals surface area contributed by atoms with Gasteiger partial charge in [0.25, 0.3) is 11.8 Å². The molecule has 0 N–H and O–H groups in total. The van der Waals surface area contributed by atoms with Crippen LogP contribution in [0.2, 0.25) is 0 Å². The van der Waals surface area contributed by atoms with E-state index in [1.807, 2.05) is 36.1 Å². The maximum absolute atomic E-state index is 13.3. The first-order chi connectivity index (χ1) is 13.7. The number of morpholine rings is 1. The van der Waals surface area contributed by atoms with Crippen LogP contribution in [0.3, 0.4) is 0 Å². The summed E-state index contributed by atoms with van der Waals surface area (Å²) in [5, 5.41) is 0. The number of imide groups is 1. The van der Waals surface area contributed by atoms with Gasteiger partial charge in [0, 0.05) is 19.7 Å². The summed E-state index contributed by atoms with van der Waals surface area (Å²) in [4.78, 5) is 29.8. The Bertz CT molecular complexity index is 762. The Labute approximate surface area is 164 Å². The van der Waals surface area contributed by atoms with E-state index in [1.54, 1.807) is 0 Å². The summed E-state index contributed by atoms with van der Waals surface area (Å²) in [6.45, 7) is 5.80. The molecule has 0 bridgehead atoms. The van der Waals surface area contributed by atoms with Gasteiger partial charge in [-0.25, -0.2) is 0 Å². The molecule has 0 radical (unpaired) electrons. The van der Waals surface area contributed by atoms with Crippen molar-refractivity contribution in [1.29, 1.82) is 0 Å². The Morgan fingerprint density at radius 1 is 1.07 bits per heavy atom. The largest absolute Gasteiger partial charge is 0.494 e. The van der Waals surface area contributed by atoms with Gasteiger partial charge in [-0.2, -0.15) is 0 Å². The molecule has 3 aliphatic heterocycles. The van der Waals surface area contributed by atoms with Crippen LogP contribution in [0.15, 0.2) is 30.0 Å². The predicted molar refractivity (Wildman–Crippen MR) is 103 cm³/mol. The van der Waals surface area contributed by atoms with Crippen molar-refractivity contribution < 1.29 is 23.8 Å². The smallest absolute Gasteiger partial charge is 0.277 e. The highest BCUT2D eigenvalue weighted by atomic mass is 16.5. The highest BCUT2D eigenvalue weighted by Gasteiger charge is 2.43. The van der Waals surface area contributed by atoms with E-state index in [4.69, 9.17) is 14.2 Å². The molecule has 0 aromatic heterocycles. The maximum atomic E-state index is 13.3. The molecule has 0 aliphatic carbocycles. The number of hydrogen-bond donors (Lipinski definition) is 0. The highest BCUT2D eigenvalue weighted by molar-refractivity contribution is 6.35. The van der Waals surface area contributed by atoms with Crippen molar-refractivity contribution in [3.63, 3.8) is 0 Å². The minimum absolute atomic E-state index is 0.0708. The molecule has 7 nitrogen and oxygen atoms in total. The third-order valence-electron chi connectivity index (χ3n) is 5.34. The molecular formula is C21H26N2O5. The summed E-state index contributed by atoms with van der Waals surface area (Å²) in [5.41, 5.74) is 1.68. The van der Waals surface area contributed by atoms with Gasteiger partial charge in [0.2, 0.25) is 0 Å². The lowest BCUT2D eigenvalue weighted by molar-refractivity contribution is -0.139. The van der Waals surface area contributed by atoms with Gasteiger partial charge in [-0.3, -0.25) is 14.5 Å². The van der Waals surface area contributed by atoms with Gasteiger partial charge in [-0.05, 0) is 37.5 Å². The first kappa shape index (κ1) is 19.0. The van der Waals surface area contributed by atoms with E-state index in [1.165, 1.54) is 4.90 Å². The molecule has 3 aliphatic rings. The quantitative estimate of drug-likeness (QED) is 0.693. The predicted octanol–water partition coefficient (Wildman–Crippen LogP) is 1.68. The first-order valence-electron chi connectivity index (χ1n) is 9.97. The van der Waals surface area contributed by atoms with E-state index in [2.05, 4.69) is 0 Å². The summed E-state index contributed by atoms with van der Waals surface area (Å²) in [5.74, 6) is 0.269. The number of rotatable bonds is 6. The third-order valence-corrected chi connectivity index (χ3v) is 5.34. The summed E-state index contributed by atoms with van der Waals surface area (Å²) in [7, 11) is 0. The molecular weight excluding hydrogens is 360 g/mol. The van der Waals surface area contributed by atoms with Crippen molar-refractivity contribution in [1.82, 2.24) is 9.80 Å². The fourth-order valence-corrected chi connectivity index (χ4v) is 3.95. The monoisotopic (exact) mass is 386 g/mol. The van der Waals surface area contributed by atoms with E-state index in [-0.39, 0.29) is 17.9 Å². The lowest BCUT2D eigenvalue weighted by Crippen LogP contribution is -2.42. The van der Waals surface area contributed by atoms with E-state index in [0.717, 1.165) is 24.2 Å². The van der Waals surface area contributed by atoms with Gasteiger partial charge in [0.05, 0.1) is 38.0 Å². The van der Waals surface area contributed by atoms with Crippen molar-refractivity contribution in [3.8, 4) is 5.75 Å². The van der Waals surface area contributed by atoms with Crippen LogP contribution in [0.4, 0.5) is 0 Å². The summed E-state index contributed by atoms with van der Waals surface area (Å²) in [6.07, 6.45) is 1.78. The number of hydrogen-bond acceptors (Lipinski definition) is 6. The average molecular weight is 386 g/mol. The molecule has 2 fully saturated rings. The lowest BCUT2D eigenvalue weighted by atomic mass is 10.0. The number of ether oxygens (including phenoxy) is 3. The minimum Gasteiger partial charge on any atom is -0.494 e. The maximum Gasteiger partial charge on any atom is 0.277 e. The Hall–Kier alpha value is -2.38. The van der Waals surface area contributed by atoms with Gasteiger partial charge in [0.15, 0.2) is 0 Å². The molecule has 1 aromatic rings. The van der Waals surface area contributed by atoms with E-state index >= 15 is 0 Å². The number of carbonyl (C=O) groups is 2. The minimum atomic E-state index is -0.244. The number of carbonyl (C=O) groups excluding carboxylic acids is 2. The zero-order valence-electron chi connectivity index (χ0n) is 16.2. The zero-order valence-corrected chi connectivity index (χ0v) is 16.2. The van der Waals surface area contributed by atoms with Crippen LogP contribution in [0.1, 0.15) is 25.3 Å². The van der Waals surface area contributed by atoms with Gasteiger partial charge < -0.3 is 19.1 Å². The Morgan fingerprint density at radius 2 is 1.82 bits per heavy atom. The van der Waals surface area contributed by atoms with E-state index in [9.17, 15) is 9.59 Å². The fraction of sp³-hybridized carbons (Fsp3) is 0.524. The standard InChI is InChI=1S/C21H26N2O5/c1-2-27-16-7-5-15(6-8-16)18-19(22-9-12-26-13-10-22)21(25)23(20(18)24)14-17-4-3-11-28-17/h5-8,17H,2-4,9-14H2,1H3. The molecule has 28 heavy (non-hydrogen) atoms. The normalized spacial score (nSPS) is 23.1. The van der Waals surface area contributed by atoms with Gasteiger partial charge >= 0.3 is 0 Å². The van der Waals surface area contributed by atoms with Crippen molar-refractivity contribution >= 4 is 17.4 Å². The van der Waals surface area contributed by atoms with Gasteiger partial charge in [-0.15, -0.1) is 0 Å². The third kappa shape index (κ3) is 3.64. The Kier molecular flexibility index (Phi) is 5.64. The molecule has 1 aromatic carbocycles. The molecule has 1 unspecified atom stereocenters. The SMILES string of the molecule is CCOc1ccc(C2=C(N3CCOCC3)C(=O)N(CC3CCCO3)C2=O)cc1. The molecule has 7 heteroatoms. The zero-order chi connectivity index (χ0) is 19.5. The molecule has 3 heterocycles. The second-order valence-electron chi connectivity index (χ2n) is 7.14. The van der Waals surface area contributed by atoms with Crippen LogP contribution in [0.25, 0.3) is 5.57 Å². The summed E-state index contributed by atoms with van der Waals surface area (Å²) >= 11 is 0. The van der Waals surface area contributed by atoms with Crippen molar-refractivity contribution in [2.45, 2.75) is 25.9 Å². The van der Waals surface area contributed by atoms with E-state index < -0.39 is 0 Å². The van der Waals surface area contributed by atoms with E-state index in [0.29, 0.717) is 57.3 Å². The average Bonchev–Trinajstić information content (AvgIpc) is 3.32. The Balaban J connectivity index is 1.67. The molecule has 4 rings (SSSR count). The van der Waals surface area contributed by atoms with Crippen LogP contribution in [-0.2, 0) is 19.1 Å². The topological polar surface area (TPSA) is 68.3 Å². The number of nitrogens with zero attached hydrogens (tertiary/aromatic N) is 2. The summed E-state index contributed by atoms with van der Waals surface area (Å²) < 4.78 is 16.6. The second kappa shape index (κ2) is 8.32. The van der Waals surface area contributed by atoms with Crippen molar-refractivity contribution in [2.24, 2.45) is 0 Å². The van der Waals surface area contributed by atoms with Crippen LogP contribution in [0.5, 0.6) is 5.75 Å². The van der Waals surface area contributed by atoms with Crippen LogP contribution in [0, 0.1) is 0 Å². The Morgan fingerprint density at radius 3 is 2.46 bits per heavy atom. The molecule has 0 spiro atoms. The number of amides is 2. The summed E-state index contributed by atoms with van der Waals surface area (Å²) in [6, 6.07) is 7.37. The van der Waals surface area contributed by atoms with Crippen LogP contribution < -0.4 is 4.74 Å². The molecule has 1 atom stereocenters. The molecule has 0 saturated carbocycles. The van der Waals surface area contributed by atoms with Crippen LogP contribution in [-0.4, -0.2) is 73.8 Å².